The number of alkyl halides is 3. The summed E-state index contributed by atoms with van der Waals surface area (Å²) < 4.78 is 37.7. The molecule has 1 amide bonds. The molecule has 0 aliphatic carbocycles. The van der Waals surface area contributed by atoms with Crippen molar-refractivity contribution in [1.29, 1.82) is 0 Å². The van der Waals surface area contributed by atoms with E-state index in [0.29, 0.717) is 12.6 Å². The van der Waals surface area contributed by atoms with Crippen LogP contribution in [0.25, 0.3) is 0 Å². The molecule has 3 aliphatic heterocycles. The molecule has 3 atom stereocenters. The predicted molar refractivity (Wildman–Crippen MR) is 104 cm³/mol. The van der Waals surface area contributed by atoms with Crippen LogP contribution in [0.3, 0.4) is 0 Å². The van der Waals surface area contributed by atoms with Crippen LogP contribution in [0.5, 0.6) is 0 Å². The highest BCUT2D eigenvalue weighted by Crippen LogP contribution is 2.33. The van der Waals surface area contributed by atoms with Crippen LogP contribution < -0.4 is 0 Å². The normalized spacial score (nSPS) is 26.2. The van der Waals surface area contributed by atoms with Crippen LogP contribution in [0.2, 0.25) is 0 Å². The van der Waals surface area contributed by atoms with E-state index in [-0.39, 0.29) is 17.9 Å². The van der Waals surface area contributed by atoms with E-state index in [4.69, 9.17) is 19.5 Å². The monoisotopic (exact) mass is 444 g/mol. The van der Waals surface area contributed by atoms with E-state index in [0.717, 1.165) is 45.5 Å². The van der Waals surface area contributed by atoms with Crippen molar-refractivity contribution < 1.29 is 37.4 Å². The fraction of sp³-hybridized carbons (Fsp3) is 0.619. The second kappa shape index (κ2) is 9.97. The molecule has 3 heterocycles. The first-order valence-electron chi connectivity index (χ1n) is 10.3. The lowest BCUT2D eigenvalue weighted by Crippen LogP contribution is -2.52. The van der Waals surface area contributed by atoms with E-state index >= 15 is 0 Å². The van der Waals surface area contributed by atoms with E-state index in [1.165, 1.54) is 11.1 Å². The maximum atomic E-state index is 12.8. The number of fused-ring (bicyclic) bond motifs is 1. The number of hydrogen-bond donors (Lipinski definition) is 1. The molecule has 172 valence electrons. The number of piperidine rings is 1. The highest BCUT2D eigenvalue weighted by atomic mass is 19.4. The fourth-order valence-corrected chi connectivity index (χ4v) is 4.17. The largest absolute Gasteiger partial charge is 0.490 e. The molecule has 0 saturated carbocycles. The first-order chi connectivity index (χ1) is 14.6. The number of carboxylic acids is 1. The summed E-state index contributed by atoms with van der Waals surface area (Å²) >= 11 is 0. The average Bonchev–Trinajstić information content (AvgIpc) is 3.41. The summed E-state index contributed by atoms with van der Waals surface area (Å²) in [5, 5.41) is 8.70. The number of amides is 1. The Morgan fingerprint density at radius 3 is 2.45 bits per heavy atom. The van der Waals surface area contributed by atoms with Crippen LogP contribution >= 0.6 is 0 Å². The molecule has 1 N–H and O–H groups in total. The van der Waals surface area contributed by atoms with Crippen molar-refractivity contribution in [3.63, 3.8) is 0 Å². The van der Waals surface area contributed by atoms with Crippen molar-refractivity contribution in [2.24, 2.45) is 5.92 Å². The van der Waals surface area contributed by atoms with Crippen molar-refractivity contribution in [2.75, 3.05) is 26.3 Å². The van der Waals surface area contributed by atoms with E-state index in [2.05, 4.69) is 36.1 Å². The molecular formula is C21H27F3N2O5. The number of ether oxygens (including phenoxy) is 1. The number of aryl methyl sites for hydroxylation is 1. The van der Waals surface area contributed by atoms with E-state index in [1.54, 1.807) is 5.06 Å². The zero-order valence-electron chi connectivity index (χ0n) is 17.3. The molecule has 31 heavy (non-hydrogen) atoms. The van der Waals surface area contributed by atoms with Gasteiger partial charge < -0.3 is 9.84 Å². The van der Waals surface area contributed by atoms with Crippen LogP contribution in [0.15, 0.2) is 24.3 Å². The molecule has 0 radical (unpaired) electrons. The summed E-state index contributed by atoms with van der Waals surface area (Å²) in [7, 11) is 0. The number of nitrogens with zero attached hydrogens (tertiary/aromatic N) is 2. The predicted octanol–water partition coefficient (Wildman–Crippen LogP) is 2.77. The number of rotatable bonds is 3. The maximum Gasteiger partial charge on any atom is 0.490 e. The van der Waals surface area contributed by atoms with Gasteiger partial charge in [0.05, 0.1) is 25.2 Å². The molecule has 0 aromatic heterocycles. The molecule has 0 spiro atoms. The number of likely N-dealkylation sites (tertiary alicyclic amines) is 1. The number of aliphatic carboxylic acids is 1. The molecule has 3 aliphatic rings. The molecule has 3 fully saturated rings. The summed E-state index contributed by atoms with van der Waals surface area (Å²) in [4.78, 5) is 29.6. The van der Waals surface area contributed by atoms with Gasteiger partial charge >= 0.3 is 12.1 Å². The number of hydroxylamine groups is 2. The van der Waals surface area contributed by atoms with Crippen LogP contribution in [0.4, 0.5) is 13.2 Å². The Bertz CT molecular complexity index is 765. The molecule has 1 aromatic carbocycles. The van der Waals surface area contributed by atoms with Crippen molar-refractivity contribution in [2.45, 2.75) is 51.1 Å². The summed E-state index contributed by atoms with van der Waals surface area (Å²) in [6, 6.07) is 9.13. The van der Waals surface area contributed by atoms with Crippen LogP contribution in [0, 0.1) is 12.8 Å². The van der Waals surface area contributed by atoms with Crippen molar-refractivity contribution in [3.05, 3.63) is 35.4 Å². The van der Waals surface area contributed by atoms with Gasteiger partial charge in [-0.25, -0.2) is 9.86 Å². The second-order valence-electron chi connectivity index (χ2n) is 8.04. The van der Waals surface area contributed by atoms with Crippen LogP contribution in [0.1, 0.15) is 30.4 Å². The Labute approximate surface area is 178 Å². The second-order valence-corrected chi connectivity index (χ2v) is 8.04. The molecule has 1 aromatic rings. The van der Waals surface area contributed by atoms with E-state index in [1.807, 2.05) is 0 Å². The van der Waals surface area contributed by atoms with Gasteiger partial charge in [-0.3, -0.25) is 14.5 Å². The van der Waals surface area contributed by atoms with Gasteiger partial charge in [0.25, 0.3) is 5.91 Å². The first-order valence-corrected chi connectivity index (χ1v) is 10.3. The highest BCUT2D eigenvalue weighted by Gasteiger charge is 2.43. The van der Waals surface area contributed by atoms with Crippen molar-refractivity contribution in [3.8, 4) is 0 Å². The number of halogens is 3. The Hall–Kier alpha value is -2.17. The van der Waals surface area contributed by atoms with Gasteiger partial charge in [0.2, 0.25) is 0 Å². The minimum absolute atomic E-state index is 0.0205. The van der Waals surface area contributed by atoms with Gasteiger partial charge in [-0.05, 0) is 31.7 Å². The lowest BCUT2D eigenvalue weighted by atomic mass is 9.89. The van der Waals surface area contributed by atoms with Gasteiger partial charge in [-0.15, -0.1) is 0 Å². The molecule has 0 bridgehead atoms. The minimum atomic E-state index is -5.08. The minimum Gasteiger partial charge on any atom is -0.475 e. The number of hydrogen-bond acceptors (Lipinski definition) is 5. The van der Waals surface area contributed by atoms with E-state index in [9.17, 15) is 18.0 Å². The third-order valence-corrected chi connectivity index (χ3v) is 5.71. The zero-order chi connectivity index (χ0) is 22.6. The Balaban J connectivity index is 0.000000339. The summed E-state index contributed by atoms with van der Waals surface area (Å²) in [5.74, 6) is -2.64. The topological polar surface area (TPSA) is 79.3 Å². The first kappa shape index (κ1) is 23.5. The van der Waals surface area contributed by atoms with Crippen molar-refractivity contribution >= 4 is 11.9 Å². The number of carbonyl (C=O) groups is 2. The lowest BCUT2D eigenvalue weighted by Gasteiger charge is -2.41. The van der Waals surface area contributed by atoms with Gasteiger partial charge in [0.1, 0.15) is 0 Å². The van der Waals surface area contributed by atoms with Gasteiger partial charge in [0, 0.05) is 25.7 Å². The number of carboxylic acid groups (broad SMARTS) is 1. The molecule has 0 unspecified atom stereocenters. The van der Waals surface area contributed by atoms with Gasteiger partial charge in [0.15, 0.2) is 0 Å². The Morgan fingerprint density at radius 1 is 1.19 bits per heavy atom. The lowest BCUT2D eigenvalue weighted by molar-refractivity contribution is -0.192. The summed E-state index contributed by atoms with van der Waals surface area (Å²) in [5.41, 5.74) is 2.58. The average molecular weight is 444 g/mol. The Kier molecular flexibility index (Phi) is 7.55. The molecule has 7 nitrogen and oxygen atoms in total. The third kappa shape index (κ3) is 6.18. The standard InChI is InChI=1S/C19H26N2O3.C2HF3O2/c1-14-3-5-15(6-4-14)12-20-13-16(11-18-17(20)7-10-23-18)19(22)21-8-2-9-24-21;3-2(4,5)1(6)7/h3-6,16-18H,2,7-13H2,1H3;(H,6,7)/t16-,17+,18+;/m0./s1. The maximum absolute atomic E-state index is 12.8. The Morgan fingerprint density at radius 2 is 1.87 bits per heavy atom. The highest BCUT2D eigenvalue weighted by molar-refractivity contribution is 5.78. The SMILES string of the molecule is Cc1ccc(CN2C[C@@H](C(=O)N3CCCO3)C[C@H]3OCC[C@H]32)cc1.O=C(O)C(F)(F)F. The van der Waals surface area contributed by atoms with Crippen LogP contribution in [-0.2, 0) is 25.7 Å². The number of carbonyl (C=O) groups excluding carboxylic acids is 1. The van der Waals surface area contributed by atoms with E-state index < -0.39 is 12.1 Å². The van der Waals surface area contributed by atoms with Gasteiger partial charge in [-0.2, -0.15) is 13.2 Å². The molecule has 10 heteroatoms. The smallest absolute Gasteiger partial charge is 0.475 e. The summed E-state index contributed by atoms with van der Waals surface area (Å²) in [6.45, 7) is 5.99. The van der Waals surface area contributed by atoms with Gasteiger partial charge in [-0.1, -0.05) is 29.8 Å². The third-order valence-electron chi connectivity index (χ3n) is 5.71. The van der Waals surface area contributed by atoms with Crippen molar-refractivity contribution in [1.82, 2.24) is 9.96 Å². The molecule has 3 saturated heterocycles. The molecular weight excluding hydrogens is 417 g/mol. The number of benzene rings is 1. The summed E-state index contributed by atoms with van der Waals surface area (Å²) in [6.07, 6.45) is -2.07. The quantitative estimate of drug-likeness (QED) is 0.773. The fourth-order valence-electron chi connectivity index (χ4n) is 4.17. The zero-order valence-corrected chi connectivity index (χ0v) is 17.3. The van der Waals surface area contributed by atoms with Crippen LogP contribution in [-0.4, -0.2) is 71.6 Å². The molecule has 4 rings (SSSR count).